The van der Waals surface area contributed by atoms with Gasteiger partial charge in [0.25, 0.3) is 0 Å². The molecular formula is C15H23NO4S. The molecule has 1 aliphatic heterocycles. The highest BCUT2D eigenvalue weighted by atomic mass is 32.2. The molecule has 5 nitrogen and oxygen atoms in total. The van der Waals surface area contributed by atoms with Gasteiger partial charge in [0.15, 0.2) is 0 Å². The summed E-state index contributed by atoms with van der Waals surface area (Å²) in [5.74, 6) is 0.780. The average molecular weight is 313 g/mol. The molecule has 0 aliphatic carbocycles. The molecule has 2 rings (SSSR count). The van der Waals surface area contributed by atoms with Gasteiger partial charge in [-0.05, 0) is 37.5 Å². The van der Waals surface area contributed by atoms with E-state index in [1.54, 1.807) is 7.11 Å². The van der Waals surface area contributed by atoms with E-state index in [9.17, 15) is 8.42 Å². The Morgan fingerprint density at radius 2 is 2.14 bits per heavy atom. The summed E-state index contributed by atoms with van der Waals surface area (Å²) in [6.07, 6.45) is 2.81. The maximum Gasteiger partial charge on any atom is 0.211 e. The van der Waals surface area contributed by atoms with Gasteiger partial charge in [-0.1, -0.05) is 12.1 Å². The second kappa shape index (κ2) is 6.34. The molecule has 0 spiro atoms. The van der Waals surface area contributed by atoms with Gasteiger partial charge < -0.3 is 9.47 Å². The van der Waals surface area contributed by atoms with Crippen molar-refractivity contribution in [3.8, 4) is 5.75 Å². The standard InChI is InChI=1S/C15H23NO4S/c1-13-6-4-7-14(10-13)20-12-15(19-2)8-5-9-16(11-15)21(3,17)18/h4,6-7,10H,5,8-9,11-12H2,1-3H3/t15-/m0/s1. The van der Waals surface area contributed by atoms with Gasteiger partial charge in [0, 0.05) is 20.2 Å². The summed E-state index contributed by atoms with van der Waals surface area (Å²) < 4.78 is 36.4. The van der Waals surface area contributed by atoms with Crippen LogP contribution in [0, 0.1) is 6.92 Å². The molecule has 0 amide bonds. The Morgan fingerprint density at radius 3 is 2.76 bits per heavy atom. The second-order valence-electron chi connectivity index (χ2n) is 5.69. The number of piperidine rings is 1. The van der Waals surface area contributed by atoms with Crippen molar-refractivity contribution in [3.05, 3.63) is 29.8 Å². The first kappa shape index (κ1) is 16.3. The van der Waals surface area contributed by atoms with E-state index in [0.717, 1.165) is 24.2 Å². The number of methoxy groups -OCH3 is 1. The van der Waals surface area contributed by atoms with Crippen molar-refractivity contribution < 1.29 is 17.9 Å². The summed E-state index contributed by atoms with van der Waals surface area (Å²) in [7, 11) is -1.58. The van der Waals surface area contributed by atoms with Crippen molar-refractivity contribution in [2.24, 2.45) is 0 Å². The van der Waals surface area contributed by atoms with Gasteiger partial charge >= 0.3 is 0 Å². The highest BCUT2D eigenvalue weighted by molar-refractivity contribution is 7.88. The fourth-order valence-electron chi connectivity index (χ4n) is 2.60. The lowest BCUT2D eigenvalue weighted by Gasteiger charge is -2.40. The van der Waals surface area contributed by atoms with Crippen molar-refractivity contribution in [1.82, 2.24) is 4.31 Å². The van der Waals surface area contributed by atoms with Gasteiger partial charge in [0.05, 0.1) is 6.26 Å². The van der Waals surface area contributed by atoms with E-state index < -0.39 is 15.6 Å². The van der Waals surface area contributed by atoms with Crippen molar-refractivity contribution in [1.29, 1.82) is 0 Å². The average Bonchev–Trinajstić information content (AvgIpc) is 2.45. The van der Waals surface area contributed by atoms with Crippen LogP contribution in [0.4, 0.5) is 0 Å². The quantitative estimate of drug-likeness (QED) is 0.832. The molecule has 1 fully saturated rings. The molecular weight excluding hydrogens is 290 g/mol. The third-order valence-corrected chi connectivity index (χ3v) is 5.15. The van der Waals surface area contributed by atoms with E-state index in [-0.39, 0.29) is 0 Å². The Kier molecular flexibility index (Phi) is 4.91. The van der Waals surface area contributed by atoms with Crippen molar-refractivity contribution in [2.45, 2.75) is 25.4 Å². The number of nitrogens with zero attached hydrogens (tertiary/aromatic N) is 1. The van der Waals surface area contributed by atoms with Crippen LogP contribution in [0.1, 0.15) is 18.4 Å². The summed E-state index contributed by atoms with van der Waals surface area (Å²) in [5, 5.41) is 0. The minimum Gasteiger partial charge on any atom is -0.491 e. The zero-order valence-corrected chi connectivity index (χ0v) is 13.6. The summed E-state index contributed by atoms with van der Waals surface area (Å²) in [6.45, 7) is 3.24. The third kappa shape index (κ3) is 4.18. The maximum atomic E-state index is 11.7. The zero-order valence-electron chi connectivity index (χ0n) is 12.8. The van der Waals surface area contributed by atoms with Crippen LogP contribution in [0.15, 0.2) is 24.3 Å². The number of benzene rings is 1. The van der Waals surface area contributed by atoms with E-state index in [2.05, 4.69) is 0 Å². The van der Waals surface area contributed by atoms with Crippen LogP contribution in [0.2, 0.25) is 0 Å². The summed E-state index contributed by atoms with van der Waals surface area (Å²) in [6, 6.07) is 7.80. The first-order valence-electron chi connectivity index (χ1n) is 7.04. The van der Waals surface area contributed by atoms with Gasteiger partial charge in [-0.25, -0.2) is 8.42 Å². The number of aryl methyl sites for hydroxylation is 1. The molecule has 1 aromatic rings. The van der Waals surface area contributed by atoms with Gasteiger partial charge in [-0.15, -0.1) is 0 Å². The van der Waals surface area contributed by atoms with Crippen molar-refractivity contribution in [3.63, 3.8) is 0 Å². The van der Waals surface area contributed by atoms with Gasteiger partial charge in [0.1, 0.15) is 18.0 Å². The number of rotatable bonds is 5. The van der Waals surface area contributed by atoms with Crippen molar-refractivity contribution >= 4 is 10.0 Å². The molecule has 0 radical (unpaired) electrons. The molecule has 0 aromatic heterocycles. The smallest absolute Gasteiger partial charge is 0.211 e. The topological polar surface area (TPSA) is 55.8 Å². The summed E-state index contributed by atoms with van der Waals surface area (Å²) in [4.78, 5) is 0. The molecule has 1 aliphatic rings. The fourth-order valence-corrected chi connectivity index (χ4v) is 3.53. The van der Waals surface area contributed by atoms with E-state index in [0.29, 0.717) is 19.7 Å². The SMILES string of the molecule is CO[C@@]1(COc2cccc(C)c2)CCCN(S(C)(=O)=O)C1. The van der Waals surface area contributed by atoms with E-state index in [1.165, 1.54) is 10.6 Å². The Morgan fingerprint density at radius 1 is 1.38 bits per heavy atom. The lowest BCUT2D eigenvalue weighted by molar-refractivity contribution is -0.0745. The molecule has 1 atom stereocenters. The van der Waals surface area contributed by atoms with Crippen LogP contribution in [-0.2, 0) is 14.8 Å². The lowest BCUT2D eigenvalue weighted by Crippen LogP contribution is -2.54. The molecule has 21 heavy (non-hydrogen) atoms. The zero-order chi connectivity index (χ0) is 15.5. The Balaban J connectivity index is 2.07. The normalized spacial score (nSPS) is 24.0. The van der Waals surface area contributed by atoms with Gasteiger partial charge in [0.2, 0.25) is 10.0 Å². The van der Waals surface area contributed by atoms with E-state index in [4.69, 9.17) is 9.47 Å². The second-order valence-corrected chi connectivity index (χ2v) is 7.67. The number of sulfonamides is 1. The van der Waals surface area contributed by atoms with Crippen LogP contribution in [0.3, 0.4) is 0 Å². The third-order valence-electron chi connectivity index (χ3n) is 3.90. The molecule has 0 N–H and O–H groups in total. The van der Waals surface area contributed by atoms with Crippen LogP contribution in [-0.4, -0.2) is 51.4 Å². The molecule has 6 heteroatoms. The highest BCUT2D eigenvalue weighted by Crippen LogP contribution is 2.27. The Labute approximate surface area is 126 Å². The maximum absolute atomic E-state index is 11.7. The molecule has 1 heterocycles. The minimum atomic E-state index is -3.20. The molecule has 0 bridgehead atoms. The Hall–Kier alpha value is -1.11. The van der Waals surface area contributed by atoms with E-state index in [1.807, 2.05) is 31.2 Å². The monoisotopic (exact) mass is 313 g/mol. The lowest BCUT2D eigenvalue weighted by atomic mass is 9.95. The molecule has 118 valence electrons. The van der Waals surface area contributed by atoms with E-state index >= 15 is 0 Å². The van der Waals surface area contributed by atoms with Crippen LogP contribution >= 0.6 is 0 Å². The molecule has 0 saturated carbocycles. The number of hydrogen-bond donors (Lipinski definition) is 0. The fraction of sp³-hybridized carbons (Fsp3) is 0.600. The summed E-state index contributed by atoms with van der Waals surface area (Å²) in [5.41, 5.74) is 0.547. The largest absolute Gasteiger partial charge is 0.491 e. The first-order chi connectivity index (χ1) is 9.85. The first-order valence-corrected chi connectivity index (χ1v) is 8.89. The number of hydrogen-bond acceptors (Lipinski definition) is 4. The minimum absolute atomic E-state index is 0.341. The van der Waals surface area contributed by atoms with Crippen molar-refractivity contribution in [2.75, 3.05) is 33.1 Å². The predicted octanol–water partition coefficient (Wildman–Crippen LogP) is 1.81. The van der Waals surface area contributed by atoms with Crippen LogP contribution < -0.4 is 4.74 Å². The van der Waals surface area contributed by atoms with Gasteiger partial charge in [-0.2, -0.15) is 4.31 Å². The Bertz CT molecular complexity index is 587. The predicted molar refractivity (Wildman–Crippen MR) is 82.1 cm³/mol. The molecule has 1 aromatic carbocycles. The van der Waals surface area contributed by atoms with Gasteiger partial charge in [-0.3, -0.25) is 0 Å². The van der Waals surface area contributed by atoms with Crippen LogP contribution in [0.5, 0.6) is 5.75 Å². The number of ether oxygens (including phenoxy) is 2. The molecule has 0 unspecified atom stereocenters. The molecule has 1 saturated heterocycles. The highest BCUT2D eigenvalue weighted by Gasteiger charge is 2.39. The summed E-state index contributed by atoms with van der Waals surface area (Å²) >= 11 is 0. The van der Waals surface area contributed by atoms with Crippen LogP contribution in [0.25, 0.3) is 0 Å².